The number of hydrogen-bond acceptors (Lipinski definition) is 3. The lowest BCUT2D eigenvalue weighted by Crippen LogP contribution is -2.21. The van der Waals surface area contributed by atoms with Crippen LogP contribution in [-0.2, 0) is 6.54 Å². The number of carbonyl (C=O) groups is 1. The molecule has 0 radical (unpaired) electrons. The first-order chi connectivity index (χ1) is 9.47. The van der Waals surface area contributed by atoms with E-state index in [1.54, 1.807) is 0 Å². The quantitative estimate of drug-likeness (QED) is 0.907. The molecule has 0 saturated heterocycles. The Bertz CT molecular complexity index is 585. The van der Waals surface area contributed by atoms with E-state index in [9.17, 15) is 4.79 Å². The summed E-state index contributed by atoms with van der Waals surface area (Å²) in [5.41, 5.74) is 3.34. The molecular formula is C15H17BrN2OS. The monoisotopic (exact) mass is 352 g/mol. The number of rotatable bonds is 4. The number of nitrogens with zero attached hydrogens (tertiary/aromatic N) is 1. The first kappa shape index (κ1) is 15.1. The van der Waals surface area contributed by atoms with Crippen LogP contribution in [-0.4, -0.2) is 20.0 Å². The molecule has 0 bridgehead atoms. The number of nitrogens with one attached hydrogen (secondary N) is 1. The van der Waals surface area contributed by atoms with E-state index in [4.69, 9.17) is 0 Å². The van der Waals surface area contributed by atoms with Crippen molar-refractivity contribution in [3.05, 3.63) is 50.1 Å². The fourth-order valence-corrected chi connectivity index (χ4v) is 3.20. The first-order valence-electron chi connectivity index (χ1n) is 6.28. The Kier molecular flexibility index (Phi) is 4.83. The molecule has 5 heteroatoms. The van der Waals surface area contributed by atoms with Gasteiger partial charge < -0.3 is 10.2 Å². The minimum absolute atomic E-state index is 0.0273. The number of hydrogen-bond donors (Lipinski definition) is 1. The highest BCUT2D eigenvalue weighted by atomic mass is 79.9. The molecule has 0 spiro atoms. The predicted octanol–water partition coefficient (Wildman–Crippen LogP) is 3.82. The van der Waals surface area contributed by atoms with E-state index >= 15 is 0 Å². The average Bonchev–Trinajstić information content (AvgIpc) is 2.76. The lowest BCUT2D eigenvalue weighted by Gasteiger charge is -2.12. The summed E-state index contributed by atoms with van der Waals surface area (Å²) in [6.07, 6.45) is 0. The van der Waals surface area contributed by atoms with Gasteiger partial charge in [0, 0.05) is 26.3 Å². The van der Waals surface area contributed by atoms with Gasteiger partial charge >= 0.3 is 0 Å². The van der Waals surface area contributed by atoms with Crippen LogP contribution >= 0.6 is 27.3 Å². The molecule has 1 N–H and O–H groups in total. The molecular weight excluding hydrogens is 336 g/mol. The summed E-state index contributed by atoms with van der Waals surface area (Å²) in [5.74, 6) is -0.0273. The summed E-state index contributed by atoms with van der Waals surface area (Å²) in [5, 5.41) is 2.94. The van der Waals surface area contributed by atoms with E-state index in [-0.39, 0.29) is 5.91 Å². The predicted molar refractivity (Wildman–Crippen MR) is 88.7 cm³/mol. The average molecular weight is 353 g/mol. The van der Waals surface area contributed by atoms with Crippen LogP contribution in [0.4, 0.5) is 5.69 Å². The second-order valence-electron chi connectivity index (χ2n) is 4.81. The molecule has 0 aliphatic rings. The SMILES string of the molecule is Cc1cc(C(=O)NCc2ccc(N(C)C)cc2)sc1Br. The van der Waals surface area contributed by atoms with Crippen LogP contribution in [0.15, 0.2) is 34.1 Å². The van der Waals surface area contributed by atoms with Crippen molar-refractivity contribution in [2.24, 2.45) is 0 Å². The smallest absolute Gasteiger partial charge is 0.261 e. The van der Waals surface area contributed by atoms with Gasteiger partial charge in [0.2, 0.25) is 0 Å². The second-order valence-corrected chi connectivity index (χ2v) is 7.18. The van der Waals surface area contributed by atoms with Crippen molar-refractivity contribution in [2.75, 3.05) is 19.0 Å². The largest absolute Gasteiger partial charge is 0.378 e. The Labute approximate surface area is 131 Å². The number of benzene rings is 1. The van der Waals surface area contributed by atoms with Gasteiger partial charge in [0.05, 0.1) is 8.66 Å². The van der Waals surface area contributed by atoms with E-state index in [0.717, 1.165) is 25.5 Å². The van der Waals surface area contributed by atoms with Gasteiger partial charge in [-0.2, -0.15) is 0 Å². The summed E-state index contributed by atoms with van der Waals surface area (Å²) < 4.78 is 1.01. The normalized spacial score (nSPS) is 10.4. The third-order valence-electron chi connectivity index (χ3n) is 2.99. The molecule has 0 saturated carbocycles. The Balaban J connectivity index is 1.96. The molecule has 0 atom stereocenters. The van der Waals surface area contributed by atoms with Gasteiger partial charge in [-0.15, -0.1) is 11.3 Å². The van der Waals surface area contributed by atoms with Gasteiger partial charge in [0.15, 0.2) is 0 Å². The summed E-state index contributed by atoms with van der Waals surface area (Å²) >= 11 is 4.90. The maximum Gasteiger partial charge on any atom is 0.261 e. The van der Waals surface area contributed by atoms with Gasteiger partial charge in [-0.3, -0.25) is 4.79 Å². The van der Waals surface area contributed by atoms with E-state index in [1.165, 1.54) is 11.3 Å². The molecule has 1 aromatic heterocycles. The molecule has 2 aromatic rings. The van der Waals surface area contributed by atoms with Gasteiger partial charge in [-0.05, 0) is 52.2 Å². The molecule has 1 amide bonds. The molecule has 0 unspecified atom stereocenters. The van der Waals surface area contributed by atoms with E-state index in [0.29, 0.717) is 6.54 Å². The number of thiophene rings is 1. The van der Waals surface area contributed by atoms with Crippen molar-refractivity contribution < 1.29 is 4.79 Å². The zero-order chi connectivity index (χ0) is 14.7. The maximum absolute atomic E-state index is 12.0. The van der Waals surface area contributed by atoms with Gasteiger partial charge in [0.25, 0.3) is 5.91 Å². The fourth-order valence-electron chi connectivity index (χ4n) is 1.75. The molecule has 106 valence electrons. The molecule has 1 aromatic carbocycles. The lowest BCUT2D eigenvalue weighted by molar-refractivity contribution is 0.0955. The third-order valence-corrected chi connectivity index (χ3v) is 5.12. The van der Waals surface area contributed by atoms with Crippen molar-refractivity contribution in [2.45, 2.75) is 13.5 Å². The zero-order valence-corrected chi connectivity index (χ0v) is 14.1. The number of aryl methyl sites for hydroxylation is 1. The number of anilines is 1. The van der Waals surface area contributed by atoms with Gasteiger partial charge in [0.1, 0.15) is 0 Å². The Morgan fingerprint density at radius 2 is 1.95 bits per heavy atom. The highest BCUT2D eigenvalue weighted by Crippen LogP contribution is 2.27. The van der Waals surface area contributed by atoms with Crippen molar-refractivity contribution in [3.8, 4) is 0 Å². The van der Waals surface area contributed by atoms with Crippen molar-refractivity contribution >= 4 is 38.9 Å². The van der Waals surface area contributed by atoms with E-state index < -0.39 is 0 Å². The molecule has 0 aliphatic heterocycles. The lowest BCUT2D eigenvalue weighted by atomic mass is 10.2. The number of carbonyl (C=O) groups excluding carboxylic acids is 1. The molecule has 2 rings (SSSR count). The highest BCUT2D eigenvalue weighted by molar-refractivity contribution is 9.11. The molecule has 0 aliphatic carbocycles. The maximum atomic E-state index is 12.0. The van der Waals surface area contributed by atoms with Crippen molar-refractivity contribution in [3.63, 3.8) is 0 Å². The Hall–Kier alpha value is -1.33. The van der Waals surface area contributed by atoms with E-state index in [1.807, 2.05) is 56.3 Å². The summed E-state index contributed by atoms with van der Waals surface area (Å²) in [6, 6.07) is 10.1. The minimum Gasteiger partial charge on any atom is -0.378 e. The van der Waals surface area contributed by atoms with Crippen molar-refractivity contribution in [1.82, 2.24) is 5.32 Å². The van der Waals surface area contributed by atoms with Gasteiger partial charge in [-0.25, -0.2) is 0 Å². The van der Waals surface area contributed by atoms with Crippen LogP contribution in [0.5, 0.6) is 0 Å². The van der Waals surface area contributed by atoms with Crippen LogP contribution in [0.3, 0.4) is 0 Å². The van der Waals surface area contributed by atoms with Gasteiger partial charge in [-0.1, -0.05) is 12.1 Å². The third kappa shape index (κ3) is 3.61. The van der Waals surface area contributed by atoms with Crippen LogP contribution in [0.25, 0.3) is 0 Å². The van der Waals surface area contributed by atoms with Crippen LogP contribution in [0, 0.1) is 6.92 Å². The van der Waals surface area contributed by atoms with E-state index in [2.05, 4.69) is 21.2 Å². The molecule has 20 heavy (non-hydrogen) atoms. The van der Waals surface area contributed by atoms with Crippen LogP contribution in [0.1, 0.15) is 20.8 Å². The first-order valence-corrected chi connectivity index (χ1v) is 7.88. The Morgan fingerprint density at radius 3 is 2.45 bits per heavy atom. The second kappa shape index (κ2) is 6.41. The Morgan fingerprint density at radius 1 is 1.30 bits per heavy atom. The summed E-state index contributed by atoms with van der Waals surface area (Å²) in [6.45, 7) is 2.53. The minimum atomic E-state index is -0.0273. The standard InChI is InChI=1S/C15H17BrN2OS/c1-10-8-13(20-14(10)16)15(19)17-9-11-4-6-12(7-5-11)18(2)3/h4-8H,9H2,1-3H3,(H,17,19). The van der Waals surface area contributed by atoms with Crippen molar-refractivity contribution in [1.29, 1.82) is 0 Å². The zero-order valence-electron chi connectivity index (χ0n) is 11.7. The molecule has 1 heterocycles. The molecule has 3 nitrogen and oxygen atoms in total. The highest BCUT2D eigenvalue weighted by Gasteiger charge is 2.10. The number of halogens is 1. The van der Waals surface area contributed by atoms with Crippen LogP contribution < -0.4 is 10.2 Å². The topological polar surface area (TPSA) is 32.3 Å². The van der Waals surface area contributed by atoms with Crippen LogP contribution in [0.2, 0.25) is 0 Å². The fraction of sp³-hybridized carbons (Fsp3) is 0.267. The summed E-state index contributed by atoms with van der Waals surface area (Å²) in [7, 11) is 4.02. The summed E-state index contributed by atoms with van der Waals surface area (Å²) in [4.78, 5) is 14.8. The number of amides is 1. The molecule has 0 fully saturated rings.